The molecule has 92 valence electrons. The van der Waals surface area contributed by atoms with Gasteiger partial charge in [0, 0.05) is 0 Å². The summed E-state index contributed by atoms with van der Waals surface area (Å²) in [7, 11) is 0. The van der Waals surface area contributed by atoms with E-state index >= 15 is 0 Å². The number of hydrogen-bond donors (Lipinski definition) is 3. The molecule has 0 aliphatic carbocycles. The Morgan fingerprint density at radius 1 is 1.47 bits per heavy atom. The molecule has 0 spiro atoms. The molecule has 0 radical (unpaired) electrons. The van der Waals surface area contributed by atoms with Gasteiger partial charge in [-0.05, 0) is 18.2 Å². The molecule has 0 fully saturated rings. The Morgan fingerprint density at radius 3 is 2.76 bits per heavy atom. The number of carbonyl (C=O) groups is 2. The van der Waals surface area contributed by atoms with Crippen molar-refractivity contribution in [2.75, 3.05) is 11.9 Å². The molecule has 1 rings (SSSR count). The molecule has 0 unspecified atom stereocenters. The van der Waals surface area contributed by atoms with E-state index in [1.54, 1.807) is 0 Å². The van der Waals surface area contributed by atoms with E-state index in [4.69, 9.17) is 16.7 Å². The van der Waals surface area contributed by atoms with Gasteiger partial charge in [-0.1, -0.05) is 11.6 Å². The minimum atomic E-state index is -1.23. The predicted molar refractivity (Wildman–Crippen MR) is 57.2 cm³/mol. The highest BCUT2D eigenvalue weighted by atomic mass is 35.5. The van der Waals surface area contributed by atoms with Gasteiger partial charge in [0.1, 0.15) is 5.82 Å². The molecule has 0 atom stereocenters. The maximum Gasteiger partial charge on any atom is 0.343 e. The number of carboxylic acid groups (broad SMARTS) is 1. The van der Waals surface area contributed by atoms with Crippen LogP contribution in [0.4, 0.5) is 14.9 Å². The largest absolute Gasteiger partial charge is 0.479 e. The fraction of sp³-hybridized carbons (Fsp3) is 0.111. The first-order valence-corrected chi connectivity index (χ1v) is 4.72. The normalized spacial score (nSPS) is 9.76. The van der Waals surface area contributed by atoms with Crippen molar-refractivity contribution in [3.63, 3.8) is 0 Å². The first-order chi connectivity index (χ1) is 7.99. The number of carbonyl (C=O) groups excluding carboxylic acids is 1. The van der Waals surface area contributed by atoms with Crippen LogP contribution in [0.2, 0.25) is 5.02 Å². The fourth-order valence-electron chi connectivity index (χ4n) is 0.902. The van der Waals surface area contributed by atoms with Crippen molar-refractivity contribution in [3.05, 3.63) is 29.0 Å². The lowest BCUT2D eigenvalue weighted by Gasteiger charge is -2.07. The number of aliphatic carboxylic acids is 1. The second-order valence-electron chi connectivity index (χ2n) is 2.86. The summed E-state index contributed by atoms with van der Waals surface area (Å²) in [5.74, 6) is -1.77. The van der Waals surface area contributed by atoms with Crippen molar-refractivity contribution in [3.8, 4) is 0 Å². The Balaban J connectivity index is 2.48. The average molecular weight is 263 g/mol. The fourth-order valence-corrected chi connectivity index (χ4v) is 1.12. The first kappa shape index (κ1) is 13.2. The molecule has 3 N–H and O–H groups in total. The van der Waals surface area contributed by atoms with Crippen LogP contribution in [-0.2, 0) is 9.63 Å². The van der Waals surface area contributed by atoms with Crippen LogP contribution in [0.15, 0.2) is 18.2 Å². The monoisotopic (exact) mass is 262 g/mol. The molecule has 0 heterocycles. The molecule has 0 bridgehead atoms. The molecular weight excluding hydrogens is 255 g/mol. The number of nitrogens with one attached hydrogen (secondary N) is 2. The van der Waals surface area contributed by atoms with Gasteiger partial charge < -0.3 is 10.4 Å². The van der Waals surface area contributed by atoms with E-state index in [1.165, 1.54) is 6.07 Å². The van der Waals surface area contributed by atoms with Gasteiger partial charge >= 0.3 is 12.0 Å². The molecule has 17 heavy (non-hydrogen) atoms. The van der Waals surface area contributed by atoms with Gasteiger partial charge in [0.2, 0.25) is 0 Å². The highest BCUT2D eigenvalue weighted by molar-refractivity contribution is 6.33. The van der Waals surface area contributed by atoms with Crippen LogP contribution < -0.4 is 10.8 Å². The highest BCUT2D eigenvalue weighted by Crippen LogP contribution is 2.21. The Bertz CT molecular complexity index is 441. The van der Waals surface area contributed by atoms with Gasteiger partial charge in [-0.2, -0.15) is 0 Å². The second-order valence-corrected chi connectivity index (χ2v) is 3.27. The van der Waals surface area contributed by atoms with Crippen molar-refractivity contribution in [2.24, 2.45) is 0 Å². The summed E-state index contributed by atoms with van der Waals surface area (Å²) < 4.78 is 12.7. The Kier molecular flexibility index (Phi) is 4.68. The van der Waals surface area contributed by atoms with E-state index in [-0.39, 0.29) is 10.7 Å². The minimum absolute atomic E-state index is 0.0124. The lowest BCUT2D eigenvalue weighted by Crippen LogP contribution is -2.30. The van der Waals surface area contributed by atoms with E-state index in [0.717, 1.165) is 12.1 Å². The van der Waals surface area contributed by atoms with Crippen LogP contribution in [0.25, 0.3) is 0 Å². The van der Waals surface area contributed by atoms with E-state index in [9.17, 15) is 14.0 Å². The lowest BCUT2D eigenvalue weighted by molar-refractivity contribution is -0.143. The second kappa shape index (κ2) is 6.02. The molecule has 0 aliphatic rings. The summed E-state index contributed by atoms with van der Waals surface area (Å²) >= 11 is 5.64. The summed E-state index contributed by atoms with van der Waals surface area (Å²) in [5, 5.41) is 10.5. The quantitative estimate of drug-likeness (QED) is 0.720. The third-order valence-corrected chi connectivity index (χ3v) is 1.85. The maximum absolute atomic E-state index is 12.7. The average Bonchev–Trinajstić information content (AvgIpc) is 2.21. The number of halogens is 2. The highest BCUT2D eigenvalue weighted by Gasteiger charge is 2.07. The maximum atomic E-state index is 12.7. The zero-order valence-corrected chi connectivity index (χ0v) is 9.12. The number of amides is 2. The molecule has 6 nitrogen and oxygen atoms in total. The van der Waals surface area contributed by atoms with Gasteiger partial charge in [-0.25, -0.2) is 19.5 Å². The van der Waals surface area contributed by atoms with Gasteiger partial charge in [0.05, 0.1) is 10.7 Å². The molecule has 1 aromatic rings. The van der Waals surface area contributed by atoms with E-state index in [2.05, 4.69) is 10.2 Å². The first-order valence-electron chi connectivity index (χ1n) is 4.34. The van der Waals surface area contributed by atoms with Crippen molar-refractivity contribution in [2.45, 2.75) is 0 Å². The number of benzene rings is 1. The van der Waals surface area contributed by atoms with Crippen LogP contribution in [0, 0.1) is 5.82 Å². The summed E-state index contributed by atoms with van der Waals surface area (Å²) in [6.45, 7) is -0.676. The predicted octanol–water partition coefficient (Wildman–Crippen LogP) is 1.62. The van der Waals surface area contributed by atoms with Gasteiger partial charge in [0.15, 0.2) is 6.61 Å². The number of hydrogen-bond acceptors (Lipinski definition) is 3. The molecule has 8 heteroatoms. The Morgan fingerprint density at radius 2 is 2.18 bits per heavy atom. The SMILES string of the molecule is O=C(O)CONC(=O)Nc1ccc(F)cc1Cl. The number of rotatable bonds is 4. The standard InChI is InChI=1S/C9H8ClFN2O4/c10-6-3-5(11)1-2-7(6)12-9(16)13-17-4-8(14)15/h1-3H,4H2,(H,14,15)(H2,12,13,16). The summed E-state index contributed by atoms with van der Waals surface area (Å²) in [4.78, 5) is 25.5. The van der Waals surface area contributed by atoms with Crippen LogP contribution in [-0.4, -0.2) is 23.7 Å². The number of hydroxylamine groups is 1. The van der Waals surface area contributed by atoms with Crippen LogP contribution in [0.3, 0.4) is 0 Å². The molecule has 1 aromatic carbocycles. The summed E-state index contributed by atoms with van der Waals surface area (Å²) in [6.07, 6.45) is 0. The zero-order valence-electron chi connectivity index (χ0n) is 8.37. The number of urea groups is 1. The van der Waals surface area contributed by atoms with Crippen molar-refractivity contribution >= 4 is 29.3 Å². The van der Waals surface area contributed by atoms with Gasteiger partial charge in [-0.15, -0.1) is 0 Å². The van der Waals surface area contributed by atoms with Crippen LogP contribution >= 0.6 is 11.6 Å². The smallest absolute Gasteiger partial charge is 0.343 e. The molecule has 0 saturated carbocycles. The lowest BCUT2D eigenvalue weighted by atomic mass is 10.3. The van der Waals surface area contributed by atoms with Gasteiger partial charge in [0.25, 0.3) is 0 Å². The van der Waals surface area contributed by atoms with Crippen LogP contribution in [0.5, 0.6) is 0 Å². The van der Waals surface area contributed by atoms with E-state index in [1.807, 2.05) is 5.48 Å². The minimum Gasteiger partial charge on any atom is -0.479 e. The molecule has 2 amide bonds. The van der Waals surface area contributed by atoms with Crippen molar-refractivity contribution in [1.82, 2.24) is 5.48 Å². The Labute approximate surface area is 100 Å². The van der Waals surface area contributed by atoms with E-state index < -0.39 is 24.4 Å². The summed E-state index contributed by atoms with van der Waals surface area (Å²) in [6, 6.07) is 2.57. The number of carboxylic acids is 1. The molecular formula is C9H8ClFN2O4. The van der Waals surface area contributed by atoms with Gasteiger partial charge in [-0.3, -0.25) is 4.84 Å². The Hall–Kier alpha value is -1.86. The third-order valence-electron chi connectivity index (χ3n) is 1.54. The van der Waals surface area contributed by atoms with E-state index in [0.29, 0.717) is 0 Å². The van der Waals surface area contributed by atoms with Crippen LogP contribution in [0.1, 0.15) is 0 Å². The molecule has 0 aromatic heterocycles. The topological polar surface area (TPSA) is 87.7 Å². The molecule has 0 saturated heterocycles. The third kappa shape index (κ3) is 4.66. The molecule has 0 aliphatic heterocycles. The zero-order chi connectivity index (χ0) is 12.8. The van der Waals surface area contributed by atoms with Crippen molar-refractivity contribution in [1.29, 1.82) is 0 Å². The summed E-state index contributed by atoms with van der Waals surface area (Å²) in [5.41, 5.74) is 1.99. The number of anilines is 1. The van der Waals surface area contributed by atoms with Crippen molar-refractivity contribution < 1.29 is 23.9 Å².